The molecule has 1 saturated heterocycles. The molecule has 0 bridgehead atoms. The molecule has 1 aromatic heterocycles. The van der Waals surface area contributed by atoms with Gasteiger partial charge in [-0.3, -0.25) is 14.4 Å². The summed E-state index contributed by atoms with van der Waals surface area (Å²) in [6, 6.07) is 2.76. The van der Waals surface area contributed by atoms with Crippen LogP contribution in [0.4, 0.5) is 0 Å². The molecule has 1 N–H and O–H groups in total. The molecule has 2 amide bonds. The number of carbonyl (C=O) groups excluding carboxylic acids is 2. The minimum Gasteiger partial charge on any atom is -0.383 e. The molecule has 23 heavy (non-hydrogen) atoms. The van der Waals surface area contributed by atoms with Crippen molar-refractivity contribution in [2.45, 2.75) is 32.4 Å². The van der Waals surface area contributed by atoms with Crippen LogP contribution in [0.25, 0.3) is 0 Å². The summed E-state index contributed by atoms with van der Waals surface area (Å²) in [4.78, 5) is 37.0. The third kappa shape index (κ3) is 4.62. The molecule has 2 heterocycles. The van der Waals surface area contributed by atoms with E-state index in [0.717, 1.165) is 0 Å². The van der Waals surface area contributed by atoms with Gasteiger partial charge >= 0.3 is 0 Å². The SMILES string of the molecule is COCCn1nc(C(=O)NC2CCN(C(C)=O)CC2)ccc1=O. The molecule has 1 aliphatic rings. The zero-order valence-electron chi connectivity index (χ0n) is 13.4. The van der Waals surface area contributed by atoms with E-state index in [9.17, 15) is 14.4 Å². The summed E-state index contributed by atoms with van der Waals surface area (Å²) in [7, 11) is 1.54. The van der Waals surface area contributed by atoms with Gasteiger partial charge in [-0.25, -0.2) is 4.68 Å². The quantitative estimate of drug-likeness (QED) is 0.798. The number of hydrogen-bond acceptors (Lipinski definition) is 5. The van der Waals surface area contributed by atoms with Crippen LogP contribution in [0.3, 0.4) is 0 Å². The predicted octanol–water partition coefficient (Wildman–Crippen LogP) is -0.370. The van der Waals surface area contributed by atoms with Crippen molar-refractivity contribution in [2.24, 2.45) is 0 Å². The summed E-state index contributed by atoms with van der Waals surface area (Å²) in [5.74, 6) is -0.251. The van der Waals surface area contributed by atoms with Crippen LogP contribution in [-0.2, 0) is 16.1 Å². The van der Waals surface area contributed by atoms with Crippen LogP contribution in [0.5, 0.6) is 0 Å². The molecule has 126 valence electrons. The first kappa shape index (κ1) is 17.1. The van der Waals surface area contributed by atoms with Gasteiger partial charge in [-0.1, -0.05) is 0 Å². The number of piperidine rings is 1. The van der Waals surface area contributed by atoms with Crippen molar-refractivity contribution >= 4 is 11.8 Å². The van der Waals surface area contributed by atoms with Gasteiger partial charge in [0.15, 0.2) is 0 Å². The van der Waals surface area contributed by atoms with Crippen LogP contribution < -0.4 is 10.9 Å². The van der Waals surface area contributed by atoms with Crippen LogP contribution in [0.15, 0.2) is 16.9 Å². The maximum Gasteiger partial charge on any atom is 0.271 e. The number of amides is 2. The van der Waals surface area contributed by atoms with E-state index >= 15 is 0 Å². The Morgan fingerprint density at radius 1 is 1.35 bits per heavy atom. The molecular formula is C15H22N4O4. The smallest absolute Gasteiger partial charge is 0.271 e. The largest absolute Gasteiger partial charge is 0.383 e. The van der Waals surface area contributed by atoms with E-state index in [1.807, 2.05) is 0 Å². The van der Waals surface area contributed by atoms with Crippen molar-refractivity contribution < 1.29 is 14.3 Å². The van der Waals surface area contributed by atoms with E-state index in [0.29, 0.717) is 39.1 Å². The lowest BCUT2D eigenvalue weighted by Gasteiger charge is -2.31. The van der Waals surface area contributed by atoms with Gasteiger partial charge in [-0.05, 0) is 18.9 Å². The van der Waals surface area contributed by atoms with Crippen molar-refractivity contribution in [1.82, 2.24) is 20.0 Å². The first-order chi connectivity index (χ1) is 11.0. The molecule has 0 saturated carbocycles. The van der Waals surface area contributed by atoms with Crippen molar-refractivity contribution in [2.75, 3.05) is 26.8 Å². The van der Waals surface area contributed by atoms with Crippen molar-refractivity contribution in [3.63, 3.8) is 0 Å². The molecule has 0 spiro atoms. The normalized spacial score (nSPS) is 15.5. The highest BCUT2D eigenvalue weighted by atomic mass is 16.5. The molecule has 0 aliphatic carbocycles. The predicted molar refractivity (Wildman–Crippen MR) is 83.1 cm³/mol. The summed E-state index contributed by atoms with van der Waals surface area (Å²) in [5.41, 5.74) is -0.0666. The van der Waals surface area contributed by atoms with Gasteiger partial charge < -0.3 is 15.0 Å². The number of hydrogen-bond donors (Lipinski definition) is 1. The lowest BCUT2D eigenvalue weighted by molar-refractivity contribution is -0.129. The van der Waals surface area contributed by atoms with Gasteiger partial charge in [0.2, 0.25) is 5.91 Å². The average molecular weight is 322 g/mol. The fraction of sp³-hybridized carbons (Fsp3) is 0.600. The van der Waals surface area contributed by atoms with Crippen molar-refractivity contribution in [3.05, 3.63) is 28.2 Å². The number of aromatic nitrogens is 2. The number of likely N-dealkylation sites (tertiary alicyclic amines) is 1. The average Bonchev–Trinajstić information content (AvgIpc) is 2.54. The van der Waals surface area contributed by atoms with E-state index < -0.39 is 0 Å². The second-order valence-corrected chi connectivity index (χ2v) is 5.53. The van der Waals surface area contributed by atoms with Gasteiger partial charge in [0, 0.05) is 39.2 Å². The van der Waals surface area contributed by atoms with Gasteiger partial charge in [0.1, 0.15) is 5.69 Å². The fourth-order valence-electron chi connectivity index (χ4n) is 2.51. The van der Waals surface area contributed by atoms with Gasteiger partial charge in [0.25, 0.3) is 11.5 Å². The monoisotopic (exact) mass is 322 g/mol. The summed E-state index contributed by atoms with van der Waals surface area (Å²) in [5, 5.41) is 6.98. The van der Waals surface area contributed by atoms with Gasteiger partial charge in [0.05, 0.1) is 13.2 Å². The van der Waals surface area contributed by atoms with Gasteiger partial charge in [-0.2, -0.15) is 5.10 Å². The number of ether oxygens (including phenoxy) is 1. The first-order valence-electron chi connectivity index (χ1n) is 7.64. The zero-order valence-corrected chi connectivity index (χ0v) is 13.4. The Labute approximate surface area is 134 Å². The van der Waals surface area contributed by atoms with Crippen molar-refractivity contribution in [1.29, 1.82) is 0 Å². The fourth-order valence-corrected chi connectivity index (χ4v) is 2.51. The lowest BCUT2D eigenvalue weighted by Crippen LogP contribution is -2.46. The number of nitrogens with zero attached hydrogens (tertiary/aromatic N) is 3. The molecule has 0 aromatic carbocycles. The molecule has 1 fully saturated rings. The van der Waals surface area contributed by atoms with Gasteiger partial charge in [-0.15, -0.1) is 0 Å². The second-order valence-electron chi connectivity index (χ2n) is 5.53. The van der Waals surface area contributed by atoms with E-state index in [4.69, 9.17) is 4.74 Å². The van der Waals surface area contributed by atoms with Crippen molar-refractivity contribution in [3.8, 4) is 0 Å². The minimum atomic E-state index is -0.308. The highest BCUT2D eigenvalue weighted by molar-refractivity contribution is 5.92. The molecule has 8 heteroatoms. The highest BCUT2D eigenvalue weighted by Gasteiger charge is 2.22. The van der Waals surface area contributed by atoms with E-state index in [-0.39, 0.29) is 29.1 Å². The van der Waals surface area contributed by atoms with Crippen LogP contribution in [0.1, 0.15) is 30.3 Å². The van der Waals surface area contributed by atoms with E-state index in [1.165, 1.54) is 23.9 Å². The van der Waals surface area contributed by atoms with Crippen LogP contribution in [0.2, 0.25) is 0 Å². The Bertz CT molecular complexity index is 620. The van der Waals surface area contributed by atoms with Crippen LogP contribution in [0, 0.1) is 0 Å². The molecule has 1 aliphatic heterocycles. The Morgan fingerprint density at radius 2 is 2.04 bits per heavy atom. The molecule has 0 unspecified atom stereocenters. The van der Waals surface area contributed by atoms with Crippen LogP contribution in [-0.4, -0.2) is 59.3 Å². The minimum absolute atomic E-state index is 0.0132. The second kappa shape index (κ2) is 7.87. The maximum absolute atomic E-state index is 12.3. The summed E-state index contributed by atoms with van der Waals surface area (Å²) in [6.45, 7) is 3.48. The topological polar surface area (TPSA) is 93.5 Å². The Kier molecular flexibility index (Phi) is 5.86. The molecule has 0 radical (unpaired) electrons. The molecule has 8 nitrogen and oxygen atoms in total. The molecule has 1 aromatic rings. The number of carbonyl (C=O) groups is 2. The lowest BCUT2D eigenvalue weighted by atomic mass is 10.0. The maximum atomic E-state index is 12.3. The third-order valence-electron chi connectivity index (χ3n) is 3.88. The highest BCUT2D eigenvalue weighted by Crippen LogP contribution is 2.10. The number of nitrogens with one attached hydrogen (secondary N) is 1. The summed E-state index contributed by atoms with van der Waals surface area (Å²) >= 11 is 0. The number of rotatable bonds is 5. The Balaban J connectivity index is 1.96. The Hall–Kier alpha value is -2.22. The Morgan fingerprint density at radius 3 is 2.65 bits per heavy atom. The number of methoxy groups -OCH3 is 1. The summed E-state index contributed by atoms with van der Waals surface area (Å²) < 4.78 is 6.14. The molecular weight excluding hydrogens is 300 g/mol. The molecule has 0 atom stereocenters. The summed E-state index contributed by atoms with van der Waals surface area (Å²) in [6.07, 6.45) is 1.43. The first-order valence-corrected chi connectivity index (χ1v) is 7.64. The van der Waals surface area contributed by atoms with E-state index in [2.05, 4.69) is 10.4 Å². The van der Waals surface area contributed by atoms with E-state index in [1.54, 1.807) is 11.8 Å². The zero-order chi connectivity index (χ0) is 16.8. The standard InChI is InChI=1S/C15H22N4O4/c1-11(20)18-7-5-12(6-8-18)16-15(22)13-3-4-14(21)19(17-13)9-10-23-2/h3-4,12H,5-10H2,1-2H3,(H,16,22). The third-order valence-corrected chi connectivity index (χ3v) is 3.88. The van der Waals surface area contributed by atoms with Crippen LogP contribution >= 0.6 is 0 Å². The molecule has 2 rings (SSSR count).